The van der Waals surface area contributed by atoms with Gasteiger partial charge in [-0.2, -0.15) is 0 Å². The molecule has 0 amide bonds. The lowest BCUT2D eigenvalue weighted by Crippen LogP contribution is -2.18. The Morgan fingerprint density at radius 2 is 1.85 bits per heavy atom. The van der Waals surface area contributed by atoms with Gasteiger partial charge in [0.2, 0.25) is 0 Å². The van der Waals surface area contributed by atoms with E-state index in [9.17, 15) is 0 Å². The molecule has 1 aliphatic carbocycles. The van der Waals surface area contributed by atoms with Crippen molar-refractivity contribution in [3.05, 3.63) is 59.4 Å². The van der Waals surface area contributed by atoms with E-state index in [1.54, 1.807) is 0 Å². The van der Waals surface area contributed by atoms with Gasteiger partial charge in [0.15, 0.2) is 0 Å². The number of rotatable bonds is 4. The first-order valence-electron chi connectivity index (χ1n) is 7.38. The standard InChI is InChI=1S/C17H19N3/c1-2-4-14-12-20(11-13(14)3-1)17-7-8-18-16(9-17)10-19-15-5-6-15/h1-4,7-9,15,19H,5-6,10-12H2. The Kier molecular flexibility index (Phi) is 2.92. The maximum absolute atomic E-state index is 4.47. The molecule has 1 aromatic heterocycles. The van der Waals surface area contributed by atoms with Crippen LogP contribution in [0.5, 0.6) is 0 Å². The molecule has 0 atom stereocenters. The van der Waals surface area contributed by atoms with Crippen LogP contribution in [0.2, 0.25) is 0 Å². The highest BCUT2D eigenvalue weighted by Crippen LogP contribution is 2.28. The number of hydrogen-bond donors (Lipinski definition) is 1. The number of benzene rings is 1. The average molecular weight is 265 g/mol. The summed E-state index contributed by atoms with van der Waals surface area (Å²) in [7, 11) is 0. The van der Waals surface area contributed by atoms with Crippen molar-refractivity contribution in [2.75, 3.05) is 4.90 Å². The van der Waals surface area contributed by atoms with Gasteiger partial charge >= 0.3 is 0 Å². The highest BCUT2D eigenvalue weighted by molar-refractivity contribution is 5.52. The molecule has 4 rings (SSSR count). The van der Waals surface area contributed by atoms with Crippen LogP contribution in [0.15, 0.2) is 42.6 Å². The van der Waals surface area contributed by atoms with Crippen molar-refractivity contribution in [1.82, 2.24) is 10.3 Å². The first kappa shape index (κ1) is 11.9. The summed E-state index contributed by atoms with van der Waals surface area (Å²) in [5, 5.41) is 3.53. The molecule has 20 heavy (non-hydrogen) atoms. The first-order valence-corrected chi connectivity index (χ1v) is 7.38. The molecule has 0 radical (unpaired) electrons. The van der Waals surface area contributed by atoms with Gasteiger partial charge in [0.1, 0.15) is 0 Å². The van der Waals surface area contributed by atoms with E-state index in [2.05, 4.69) is 51.6 Å². The van der Waals surface area contributed by atoms with Crippen LogP contribution in [0.25, 0.3) is 0 Å². The van der Waals surface area contributed by atoms with Crippen molar-refractivity contribution in [3.8, 4) is 0 Å². The van der Waals surface area contributed by atoms with Crippen molar-refractivity contribution < 1.29 is 0 Å². The third-order valence-corrected chi connectivity index (χ3v) is 4.16. The molecule has 1 aromatic carbocycles. The number of anilines is 1. The Morgan fingerprint density at radius 3 is 2.55 bits per heavy atom. The van der Waals surface area contributed by atoms with Gasteiger partial charge in [0.25, 0.3) is 0 Å². The number of pyridine rings is 1. The molecular formula is C17H19N3. The zero-order chi connectivity index (χ0) is 13.4. The Bertz CT molecular complexity index is 594. The Hall–Kier alpha value is -1.87. The van der Waals surface area contributed by atoms with Crippen molar-refractivity contribution in [2.24, 2.45) is 0 Å². The quantitative estimate of drug-likeness (QED) is 0.921. The lowest BCUT2D eigenvalue weighted by Gasteiger charge is -2.18. The predicted octanol–water partition coefficient (Wildman–Crippen LogP) is 2.85. The van der Waals surface area contributed by atoms with E-state index in [1.807, 2.05) is 6.20 Å². The predicted molar refractivity (Wildman–Crippen MR) is 80.4 cm³/mol. The van der Waals surface area contributed by atoms with Gasteiger partial charge in [-0.3, -0.25) is 4.98 Å². The van der Waals surface area contributed by atoms with Crippen molar-refractivity contribution >= 4 is 5.69 Å². The molecule has 2 heterocycles. The number of nitrogens with zero attached hydrogens (tertiary/aromatic N) is 2. The average Bonchev–Trinajstić information content (AvgIpc) is 3.22. The summed E-state index contributed by atoms with van der Waals surface area (Å²) in [6.45, 7) is 2.91. The number of fused-ring (bicyclic) bond motifs is 1. The molecule has 0 unspecified atom stereocenters. The number of hydrogen-bond acceptors (Lipinski definition) is 3. The number of aromatic nitrogens is 1. The molecule has 3 heteroatoms. The van der Waals surface area contributed by atoms with E-state index >= 15 is 0 Å². The molecule has 2 aliphatic rings. The molecular weight excluding hydrogens is 246 g/mol. The molecule has 0 spiro atoms. The maximum Gasteiger partial charge on any atom is 0.0562 e. The van der Waals surface area contributed by atoms with Gasteiger partial charge < -0.3 is 10.2 Å². The van der Waals surface area contributed by atoms with Crippen LogP contribution in [-0.4, -0.2) is 11.0 Å². The molecule has 0 bridgehead atoms. The molecule has 102 valence electrons. The van der Waals surface area contributed by atoms with Gasteiger partial charge in [0, 0.05) is 37.6 Å². The maximum atomic E-state index is 4.47. The number of nitrogens with one attached hydrogen (secondary N) is 1. The molecule has 1 N–H and O–H groups in total. The summed E-state index contributed by atoms with van der Waals surface area (Å²) in [6.07, 6.45) is 4.57. The first-order chi connectivity index (χ1) is 9.88. The Balaban J connectivity index is 1.50. The zero-order valence-corrected chi connectivity index (χ0v) is 11.5. The van der Waals surface area contributed by atoms with Crippen molar-refractivity contribution in [2.45, 2.75) is 38.5 Å². The molecule has 1 saturated carbocycles. The topological polar surface area (TPSA) is 28.2 Å². The highest BCUT2D eigenvalue weighted by Gasteiger charge is 2.21. The van der Waals surface area contributed by atoms with Crippen molar-refractivity contribution in [1.29, 1.82) is 0 Å². The summed E-state index contributed by atoms with van der Waals surface area (Å²) in [4.78, 5) is 6.89. The fourth-order valence-corrected chi connectivity index (χ4v) is 2.81. The molecule has 1 fully saturated rings. The minimum absolute atomic E-state index is 0.733. The molecule has 1 aliphatic heterocycles. The van der Waals surface area contributed by atoms with Crippen LogP contribution >= 0.6 is 0 Å². The second-order valence-corrected chi connectivity index (χ2v) is 5.79. The fraction of sp³-hybridized carbons (Fsp3) is 0.353. The lowest BCUT2D eigenvalue weighted by atomic mass is 10.1. The fourth-order valence-electron chi connectivity index (χ4n) is 2.81. The molecule has 3 nitrogen and oxygen atoms in total. The lowest BCUT2D eigenvalue weighted by molar-refractivity contribution is 0.674. The molecule has 0 saturated heterocycles. The van der Waals surface area contributed by atoms with Gasteiger partial charge in [-0.05, 0) is 36.1 Å². The van der Waals surface area contributed by atoms with Gasteiger partial charge in [-0.25, -0.2) is 0 Å². The summed E-state index contributed by atoms with van der Waals surface area (Å²) < 4.78 is 0. The van der Waals surface area contributed by atoms with Crippen LogP contribution in [-0.2, 0) is 19.6 Å². The Labute approximate surface area is 119 Å². The van der Waals surface area contributed by atoms with Gasteiger partial charge in [0.05, 0.1) is 5.69 Å². The third-order valence-electron chi connectivity index (χ3n) is 4.16. The highest BCUT2D eigenvalue weighted by atomic mass is 15.1. The SMILES string of the molecule is c1ccc2c(c1)CN(c1ccnc(CNC3CC3)c1)C2. The van der Waals surface area contributed by atoms with Crippen LogP contribution in [0, 0.1) is 0 Å². The smallest absolute Gasteiger partial charge is 0.0562 e. The summed E-state index contributed by atoms with van der Waals surface area (Å²) in [5.41, 5.74) is 5.32. The summed E-state index contributed by atoms with van der Waals surface area (Å²) >= 11 is 0. The van der Waals surface area contributed by atoms with Crippen LogP contribution in [0.3, 0.4) is 0 Å². The van der Waals surface area contributed by atoms with E-state index in [4.69, 9.17) is 0 Å². The monoisotopic (exact) mass is 265 g/mol. The van der Waals surface area contributed by atoms with Crippen LogP contribution in [0.1, 0.15) is 29.7 Å². The second kappa shape index (κ2) is 4.91. The van der Waals surface area contributed by atoms with Gasteiger partial charge in [-0.15, -0.1) is 0 Å². The normalized spacial score (nSPS) is 17.3. The molecule has 2 aromatic rings. The minimum Gasteiger partial charge on any atom is -0.363 e. The van der Waals surface area contributed by atoms with Crippen LogP contribution in [0.4, 0.5) is 5.69 Å². The summed E-state index contributed by atoms with van der Waals surface area (Å²) in [5.74, 6) is 0. The van der Waals surface area contributed by atoms with E-state index in [1.165, 1.54) is 29.7 Å². The van der Waals surface area contributed by atoms with Crippen LogP contribution < -0.4 is 10.2 Å². The third kappa shape index (κ3) is 2.41. The zero-order valence-electron chi connectivity index (χ0n) is 11.5. The van der Waals surface area contributed by atoms with E-state index in [0.29, 0.717) is 0 Å². The van der Waals surface area contributed by atoms with E-state index in [-0.39, 0.29) is 0 Å². The van der Waals surface area contributed by atoms with Gasteiger partial charge in [-0.1, -0.05) is 24.3 Å². The summed E-state index contributed by atoms with van der Waals surface area (Å²) in [6, 6.07) is 13.8. The van der Waals surface area contributed by atoms with E-state index < -0.39 is 0 Å². The minimum atomic E-state index is 0.733. The largest absolute Gasteiger partial charge is 0.363 e. The Morgan fingerprint density at radius 1 is 1.10 bits per heavy atom. The second-order valence-electron chi connectivity index (χ2n) is 5.79. The van der Waals surface area contributed by atoms with Crippen molar-refractivity contribution in [3.63, 3.8) is 0 Å². The van der Waals surface area contributed by atoms with E-state index in [0.717, 1.165) is 31.4 Å².